The molecule has 0 aromatic heterocycles. The van der Waals surface area contributed by atoms with Crippen LogP contribution in [0.5, 0.6) is 0 Å². The summed E-state index contributed by atoms with van der Waals surface area (Å²) in [5.74, 6) is -3.12. The molecule has 0 unspecified atom stereocenters. The molecule has 4 atom stereocenters. The molecule has 136 valence electrons. The topological polar surface area (TPSA) is 101 Å². The number of ether oxygens (including phenoxy) is 1. The van der Waals surface area contributed by atoms with Gasteiger partial charge in [0.1, 0.15) is 18.0 Å². The quantitative estimate of drug-likeness (QED) is 0.421. The predicted octanol–water partition coefficient (Wildman–Crippen LogP) is 1.71. The van der Waals surface area contributed by atoms with E-state index in [4.69, 9.17) is 4.74 Å². The number of ketones is 2. The van der Waals surface area contributed by atoms with Gasteiger partial charge in [0, 0.05) is 22.6 Å². The highest BCUT2D eigenvalue weighted by atomic mass is 16.6. The maximum atomic E-state index is 12.7. The van der Waals surface area contributed by atoms with Crippen molar-refractivity contribution in [2.45, 2.75) is 39.4 Å². The first-order valence-corrected chi connectivity index (χ1v) is 8.72. The second kappa shape index (κ2) is 5.27. The minimum absolute atomic E-state index is 0.0150. The molecule has 3 aliphatic carbocycles. The smallest absolute Gasteiger partial charge is 0.313 e. The lowest BCUT2D eigenvalue weighted by Gasteiger charge is -2.33. The molecule has 1 saturated heterocycles. The third-order valence-electron chi connectivity index (χ3n) is 5.93. The second-order valence-electron chi connectivity index (χ2n) is 7.86. The number of aliphatic hydroxyl groups excluding tert-OH is 2. The number of Topliss-reactive ketones (excluding diaryl/α,β-unsaturated/α-hetero) is 2. The van der Waals surface area contributed by atoms with Gasteiger partial charge in [0.15, 0.2) is 0 Å². The van der Waals surface area contributed by atoms with Gasteiger partial charge in [0.2, 0.25) is 11.6 Å². The van der Waals surface area contributed by atoms with Gasteiger partial charge < -0.3 is 14.9 Å². The average molecular weight is 356 g/mol. The van der Waals surface area contributed by atoms with Crippen molar-refractivity contribution < 1.29 is 29.3 Å². The zero-order valence-corrected chi connectivity index (χ0v) is 14.8. The maximum Gasteiger partial charge on any atom is 0.313 e. The summed E-state index contributed by atoms with van der Waals surface area (Å²) in [6.07, 6.45) is 3.31. The molecule has 4 rings (SSSR count). The minimum atomic E-state index is -1.38. The Morgan fingerprint density at radius 2 is 1.92 bits per heavy atom. The molecule has 0 saturated carbocycles. The SMILES string of the molecule is CC(C)C1=C(O)C2=C(C=C3C=CC[C@]4(C)C(=O)O[C@@H]([C@H]2O)[C@H]34)C(=O)C1=O. The molecule has 1 heterocycles. The van der Waals surface area contributed by atoms with Gasteiger partial charge in [-0.2, -0.15) is 0 Å². The molecule has 6 heteroatoms. The zero-order valence-electron chi connectivity index (χ0n) is 14.8. The summed E-state index contributed by atoms with van der Waals surface area (Å²) >= 11 is 0. The molecule has 0 spiro atoms. The molecule has 0 bridgehead atoms. The molecule has 0 aromatic rings. The van der Waals surface area contributed by atoms with Crippen molar-refractivity contribution in [1.29, 1.82) is 0 Å². The number of allylic oxidation sites excluding steroid dienone is 5. The van der Waals surface area contributed by atoms with Crippen LogP contribution in [0.25, 0.3) is 0 Å². The Kier molecular flexibility index (Phi) is 3.44. The number of carbonyl (C=O) groups is 3. The van der Waals surface area contributed by atoms with E-state index in [2.05, 4.69) is 0 Å². The summed E-state index contributed by atoms with van der Waals surface area (Å²) in [5.41, 5.74) is -0.234. The van der Waals surface area contributed by atoms with Crippen molar-refractivity contribution in [2.24, 2.45) is 17.3 Å². The summed E-state index contributed by atoms with van der Waals surface area (Å²) in [4.78, 5) is 37.6. The summed E-state index contributed by atoms with van der Waals surface area (Å²) in [6, 6.07) is 0. The average Bonchev–Trinajstić information content (AvgIpc) is 2.76. The Labute approximate surface area is 150 Å². The molecule has 1 fully saturated rings. The third kappa shape index (κ3) is 1.93. The van der Waals surface area contributed by atoms with Gasteiger partial charge in [-0.25, -0.2) is 0 Å². The third-order valence-corrected chi connectivity index (χ3v) is 5.93. The highest BCUT2D eigenvalue weighted by molar-refractivity contribution is 6.51. The first-order chi connectivity index (χ1) is 12.2. The summed E-state index contributed by atoms with van der Waals surface area (Å²) in [5, 5.41) is 21.7. The van der Waals surface area contributed by atoms with Gasteiger partial charge in [0.25, 0.3) is 0 Å². The molecule has 4 aliphatic rings. The lowest BCUT2D eigenvalue weighted by Crippen LogP contribution is -2.40. The van der Waals surface area contributed by atoms with Crippen LogP contribution in [0.4, 0.5) is 0 Å². The van der Waals surface area contributed by atoms with Crippen molar-refractivity contribution in [2.75, 3.05) is 0 Å². The molecule has 0 amide bonds. The van der Waals surface area contributed by atoms with E-state index in [1.165, 1.54) is 6.08 Å². The first-order valence-electron chi connectivity index (χ1n) is 8.72. The lowest BCUT2D eigenvalue weighted by molar-refractivity contribution is -0.150. The predicted molar refractivity (Wildman–Crippen MR) is 90.9 cm³/mol. The van der Waals surface area contributed by atoms with E-state index < -0.39 is 41.1 Å². The molecule has 6 nitrogen and oxygen atoms in total. The second-order valence-corrected chi connectivity index (χ2v) is 7.86. The van der Waals surface area contributed by atoms with Crippen molar-refractivity contribution in [1.82, 2.24) is 0 Å². The fraction of sp³-hybridized carbons (Fsp3) is 0.450. The van der Waals surface area contributed by atoms with Crippen LogP contribution < -0.4 is 0 Å². The van der Waals surface area contributed by atoms with E-state index in [9.17, 15) is 24.6 Å². The van der Waals surface area contributed by atoms with Crippen molar-refractivity contribution in [3.05, 3.63) is 46.3 Å². The van der Waals surface area contributed by atoms with Crippen LogP contribution in [0.1, 0.15) is 27.2 Å². The fourth-order valence-corrected chi connectivity index (χ4v) is 4.57. The van der Waals surface area contributed by atoms with Crippen LogP contribution in [-0.4, -0.2) is 40.0 Å². The first kappa shape index (κ1) is 17.0. The highest BCUT2D eigenvalue weighted by Gasteiger charge is 2.60. The summed E-state index contributed by atoms with van der Waals surface area (Å²) in [7, 11) is 0. The molecular formula is C20H20O6. The van der Waals surface area contributed by atoms with Crippen molar-refractivity contribution >= 4 is 17.5 Å². The number of hydrogen-bond acceptors (Lipinski definition) is 6. The van der Waals surface area contributed by atoms with E-state index in [-0.39, 0.29) is 28.4 Å². The van der Waals surface area contributed by atoms with Crippen LogP contribution in [0, 0.1) is 17.3 Å². The van der Waals surface area contributed by atoms with Gasteiger partial charge in [-0.05, 0) is 30.9 Å². The largest absolute Gasteiger partial charge is 0.507 e. The Bertz CT molecular complexity index is 884. The van der Waals surface area contributed by atoms with Crippen molar-refractivity contribution in [3.63, 3.8) is 0 Å². The number of carbonyl (C=O) groups excluding carboxylic acids is 3. The van der Waals surface area contributed by atoms with E-state index >= 15 is 0 Å². The number of aliphatic hydroxyl groups is 2. The zero-order chi connectivity index (χ0) is 19.0. The van der Waals surface area contributed by atoms with Gasteiger partial charge in [-0.15, -0.1) is 0 Å². The van der Waals surface area contributed by atoms with E-state index in [0.717, 1.165) is 0 Å². The van der Waals surface area contributed by atoms with Crippen LogP contribution in [0.3, 0.4) is 0 Å². The Morgan fingerprint density at radius 1 is 1.23 bits per heavy atom. The number of hydrogen-bond donors (Lipinski definition) is 2. The molecule has 0 radical (unpaired) electrons. The van der Waals surface area contributed by atoms with Gasteiger partial charge >= 0.3 is 5.97 Å². The molecular weight excluding hydrogens is 336 g/mol. The minimum Gasteiger partial charge on any atom is -0.507 e. The van der Waals surface area contributed by atoms with Crippen LogP contribution in [0.15, 0.2) is 46.3 Å². The Hall–Kier alpha value is -2.47. The molecule has 2 N–H and O–H groups in total. The Morgan fingerprint density at radius 3 is 2.58 bits per heavy atom. The van der Waals surface area contributed by atoms with E-state index in [1.54, 1.807) is 26.8 Å². The summed E-state index contributed by atoms with van der Waals surface area (Å²) < 4.78 is 5.50. The molecule has 26 heavy (non-hydrogen) atoms. The van der Waals surface area contributed by atoms with Gasteiger partial charge in [-0.1, -0.05) is 26.0 Å². The number of esters is 1. The normalized spacial score (nSPS) is 36.1. The number of rotatable bonds is 1. The molecule has 0 aromatic carbocycles. The van der Waals surface area contributed by atoms with Crippen molar-refractivity contribution in [3.8, 4) is 0 Å². The van der Waals surface area contributed by atoms with Crippen LogP contribution in [0.2, 0.25) is 0 Å². The van der Waals surface area contributed by atoms with E-state index in [0.29, 0.717) is 12.0 Å². The van der Waals surface area contributed by atoms with Gasteiger partial charge in [-0.3, -0.25) is 14.4 Å². The Balaban J connectivity index is 1.98. The standard InChI is InChI=1S/C20H20O6/c1-8(2)11-15(22)12-10(14(21)16(11)23)7-9-5-4-6-20(3)13(9)18(17(12)24)26-19(20)25/h4-5,7-8,13,17-18,22,24H,6H2,1-3H3/t13-,17-,18+,20-/m0/s1. The molecule has 1 aliphatic heterocycles. The fourth-order valence-electron chi connectivity index (χ4n) is 4.57. The monoisotopic (exact) mass is 356 g/mol. The summed E-state index contributed by atoms with van der Waals surface area (Å²) in [6.45, 7) is 5.16. The van der Waals surface area contributed by atoms with Crippen LogP contribution in [-0.2, 0) is 19.1 Å². The highest BCUT2D eigenvalue weighted by Crippen LogP contribution is 2.53. The lowest BCUT2D eigenvalue weighted by atomic mass is 9.67. The maximum absolute atomic E-state index is 12.7. The van der Waals surface area contributed by atoms with Crippen LogP contribution >= 0.6 is 0 Å². The van der Waals surface area contributed by atoms with E-state index in [1.807, 2.05) is 6.08 Å². The van der Waals surface area contributed by atoms with Gasteiger partial charge in [0.05, 0.1) is 5.41 Å².